The Kier molecular flexibility index (Phi) is 5.06. The van der Waals surface area contributed by atoms with Crippen LogP contribution in [0, 0.1) is 13.8 Å². The Bertz CT molecular complexity index is 1010. The summed E-state index contributed by atoms with van der Waals surface area (Å²) in [6, 6.07) is 11.9. The van der Waals surface area contributed by atoms with Gasteiger partial charge in [0, 0.05) is 13.0 Å². The number of sulfonamides is 1. The standard InChI is InChI=1S/C20H22N2O4S/c1-13-8-9-16(14(2)12-13)15(3)21-19(23)10-11-22-20(24)17-6-4-5-7-18(17)27(22,25)26/h4-9,12,15H,10-11H2,1-3H3,(H,21,23)/t15-/m1/s1. The molecule has 3 rings (SSSR count). The summed E-state index contributed by atoms with van der Waals surface area (Å²) in [5.74, 6) is -0.887. The molecular weight excluding hydrogens is 364 g/mol. The summed E-state index contributed by atoms with van der Waals surface area (Å²) in [5, 5.41) is 2.87. The molecule has 0 saturated heterocycles. The van der Waals surface area contributed by atoms with Gasteiger partial charge in [0.15, 0.2) is 0 Å². The zero-order valence-corrected chi connectivity index (χ0v) is 16.3. The molecule has 142 valence electrons. The summed E-state index contributed by atoms with van der Waals surface area (Å²) in [5.41, 5.74) is 3.38. The molecule has 1 heterocycles. The van der Waals surface area contributed by atoms with Crippen LogP contribution >= 0.6 is 0 Å². The number of nitrogens with zero attached hydrogens (tertiary/aromatic N) is 1. The van der Waals surface area contributed by atoms with Gasteiger partial charge in [-0.3, -0.25) is 9.59 Å². The second kappa shape index (κ2) is 7.15. The van der Waals surface area contributed by atoms with Crippen molar-refractivity contribution < 1.29 is 18.0 Å². The summed E-state index contributed by atoms with van der Waals surface area (Å²) in [6.45, 7) is 5.69. The molecule has 1 aliphatic heterocycles. The second-order valence-electron chi connectivity index (χ2n) is 6.78. The molecular formula is C20H22N2O4S. The molecule has 0 unspecified atom stereocenters. The Morgan fingerprint density at radius 3 is 2.52 bits per heavy atom. The van der Waals surface area contributed by atoms with Gasteiger partial charge in [0.2, 0.25) is 5.91 Å². The van der Waals surface area contributed by atoms with Crippen molar-refractivity contribution in [2.75, 3.05) is 6.54 Å². The van der Waals surface area contributed by atoms with Gasteiger partial charge in [-0.25, -0.2) is 12.7 Å². The molecule has 0 saturated carbocycles. The summed E-state index contributed by atoms with van der Waals surface area (Å²) in [4.78, 5) is 24.7. The SMILES string of the molecule is Cc1ccc([C@@H](C)NC(=O)CCN2C(=O)c3ccccc3S2(=O)=O)c(C)c1. The molecule has 1 atom stereocenters. The molecule has 0 radical (unpaired) electrons. The topological polar surface area (TPSA) is 83.6 Å². The molecule has 0 spiro atoms. The van der Waals surface area contributed by atoms with Crippen molar-refractivity contribution in [1.82, 2.24) is 9.62 Å². The monoisotopic (exact) mass is 386 g/mol. The summed E-state index contributed by atoms with van der Waals surface area (Å²) in [7, 11) is -3.88. The van der Waals surface area contributed by atoms with Gasteiger partial charge < -0.3 is 5.32 Å². The quantitative estimate of drug-likeness (QED) is 0.856. The van der Waals surface area contributed by atoms with Crippen LogP contribution < -0.4 is 5.32 Å². The second-order valence-corrected chi connectivity index (χ2v) is 8.61. The molecule has 0 fully saturated rings. The van der Waals surface area contributed by atoms with E-state index in [1.165, 1.54) is 12.1 Å². The van der Waals surface area contributed by atoms with Crippen molar-refractivity contribution in [3.05, 3.63) is 64.7 Å². The van der Waals surface area contributed by atoms with Gasteiger partial charge in [-0.15, -0.1) is 0 Å². The summed E-state index contributed by atoms with van der Waals surface area (Å²) < 4.78 is 25.8. The number of carbonyl (C=O) groups excluding carboxylic acids is 2. The minimum absolute atomic E-state index is 0.000874. The Morgan fingerprint density at radius 1 is 1.15 bits per heavy atom. The largest absolute Gasteiger partial charge is 0.350 e. The molecule has 0 bridgehead atoms. The number of carbonyl (C=O) groups is 2. The first-order chi connectivity index (χ1) is 12.7. The van der Waals surface area contributed by atoms with Crippen LogP contribution in [-0.2, 0) is 14.8 Å². The Hall–Kier alpha value is -2.67. The van der Waals surface area contributed by atoms with Crippen molar-refractivity contribution in [1.29, 1.82) is 0 Å². The third-order valence-corrected chi connectivity index (χ3v) is 6.56. The van der Waals surface area contributed by atoms with Crippen molar-refractivity contribution in [3.63, 3.8) is 0 Å². The first-order valence-electron chi connectivity index (χ1n) is 8.74. The minimum Gasteiger partial charge on any atom is -0.350 e. The highest BCUT2D eigenvalue weighted by molar-refractivity contribution is 7.90. The lowest BCUT2D eigenvalue weighted by Gasteiger charge is -2.19. The number of aryl methyl sites for hydroxylation is 2. The van der Waals surface area contributed by atoms with E-state index in [1.54, 1.807) is 12.1 Å². The van der Waals surface area contributed by atoms with Crippen LogP contribution in [0.4, 0.5) is 0 Å². The van der Waals surface area contributed by atoms with Crippen LogP contribution in [0.25, 0.3) is 0 Å². The van der Waals surface area contributed by atoms with Gasteiger partial charge in [-0.05, 0) is 44.0 Å². The van der Waals surface area contributed by atoms with Crippen molar-refractivity contribution in [2.24, 2.45) is 0 Å². The van der Waals surface area contributed by atoms with Crippen LogP contribution in [0.5, 0.6) is 0 Å². The predicted octanol–water partition coefficient (Wildman–Crippen LogP) is 2.72. The number of nitrogens with one attached hydrogen (secondary N) is 1. The van der Waals surface area contributed by atoms with Crippen LogP contribution in [-0.4, -0.2) is 31.1 Å². The fourth-order valence-corrected chi connectivity index (χ4v) is 4.93. The van der Waals surface area contributed by atoms with Crippen molar-refractivity contribution in [2.45, 2.75) is 38.1 Å². The van der Waals surface area contributed by atoms with Gasteiger partial charge in [0.1, 0.15) is 4.90 Å². The number of hydrogen-bond donors (Lipinski definition) is 1. The lowest BCUT2D eigenvalue weighted by atomic mass is 10.0. The lowest BCUT2D eigenvalue weighted by Crippen LogP contribution is -2.35. The smallest absolute Gasteiger partial charge is 0.269 e. The number of rotatable bonds is 5. The van der Waals surface area contributed by atoms with Crippen LogP contribution in [0.2, 0.25) is 0 Å². The molecule has 0 aliphatic carbocycles. The number of fused-ring (bicyclic) bond motifs is 1. The first-order valence-corrected chi connectivity index (χ1v) is 10.2. The van der Waals surface area contributed by atoms with Gasteiger partial charge in [0.05, 0.1) is 11.6 Å². The highest BCUT2D eigenvalue weighted by Crippen LogP contribution is 2.29. The molecule has 2 aromatic rings. The molecule has 1 aliphatic rings. The molecule has 27 heavy (non-hydrogen) atoms. The van der Waals surface area contributed by atoms with Gasteiger partial charge in [-0.2, -0.15) is 0 Å². The highest BCUT2D eigenvalue weighted by atomic mass is 32.2. The van der Waals surface area contributed by atoms with E-state index in [2.05, 4.69) is 5.32 Å². The van der Waals surface area contributed by atoms with Gasteiger partial charge in [0.25, 0.3) is 15.9 Å². The number of amides is 2. The van der Waals surface area contributed by atoms with Crippen molar-refractivity contribution in [3.8, 4) is 0 Å². The third kappa shape index (κ3) is 3.60. The maximum atomic E-state index is 12.5. The van der Waals surface area contributed by atoms with Gasteiger partial charge >= 0.3 is 0 Å². The van der Waals surface area contributed by atoms with E-state index in [1.807, 2.05) is 39.0 Å². The molecule has 2 aromatic carbocycles. The van der Waals surface area contributed by atoms with E-state index in [0.29, 0.717) is 0 Å². The summed E-state index contributed by atoms with van der Waals surface area (Å²) >= 11 is 0. The van der Waals surface area contributed by atoms with E-state index in [4.69, 9.17) is 0 Å². The van der Waals surface area contributed by atoms with E-state index >= 15 is 0 Å². The average Bonchev–Trinajstić information content (AvgIpc) is 2.79. The highest BCUT2D eigenvalue weighted by Gasteiger charge is 2.40. The molecule has 2 amide bonds. The van der Waals surface area contributed by atoms with Crippen LogP contribution in [0.1, 0.15) is 46.4 Å². The number of benzene rings is 2. The zero-order valence-electron chi connectivity index (χ0n) is 15.5. The zero-order chi connectivity index (χ0) is 19.8. The van der Waals surface area contributed by atoms with E-state index in [-0.39, 0.29) is 35.4 Å². The fourth-order valence-electron chi connectivity index (χ4n) is 3.36. The fraction of sp³-hybridized carbons (Fsp3) is 0.300. The maximum absolute atomic E-state index is 12.5. The Balaban J connectivity index is 1.65. The minimum atomic E-state index is -3.88. The predicted molar refractivity (Wildman–Crippen MR) is 102 cm³/mol. The molecule has 0 aromatic heterocycles. The Morgan fingerprint density at radius 2 is 1.85 bits per heavy atom. The Labute approximate surface area is 159 Å². The normalized spacial score (nSPS) is 16.1. The summed E-state index contributed by atoms with van der Waals surface area (Å²) in [6.07, 6.45) is -0.0891. The number of hydrogen-bond acceptors (Lipinski definition) is 4. The van der Waals surface area contributed by atoms with Crippen LogP contribution in [0.15, 0.2) is 47.4 Å². The molecule has 7 heteroatoms. The average molecular weight is 386 g/mol. The van der Waals surface area contributed by atoms with Crippen molar-refractivity contribution >= 4 is 21.8 Å². The lowest BCUT2D eigenvalue weighted by molar-refractivity contribution is -0.121. The van der Waals surface area contributed by atoms with E-state index in [9.17, 15) is 18.0 Å². The van der Waals surface area contributed by atoms with Gasteiger partial charge in [-0.1, -0.05) is 35.9 Å². The van der Waals surface area contributed by atoms with E-state index in [0.717, 1.165) is 21.0 Å². The maximum Gasteiger partial charge on any atom is 0.269 e. The van der Waals surface area contributed by atoms with E-state index < -0.39 is 15.9 Å². The molecule has 6 nitrogen and oxygen atoms in total. The molecule has 1 N–H and O–H groups in total. The third-order valence-electron chi connectivity index (χ3n) is 4.72. The van der Waals surface area contributed by atoms with Crippen LogP contribution in [0.3, 0.4) is 0 Å². The first kappa shape index (κ1) is 19.1.